The van der Waals surface area contributed by atoms with E-state index in [2.05, 4.69) is 20.8 Å². The van der Waals surface area contributed by atoms with Gasteiger partial charge < -0.3 is 10.5 Å². The van der Waals surface area contributed by atoms with Gasteiger partial charge in [-0.3, -0.25) is 9.69 Å². The highest BCUT2D eigenvalue weighted by Gasteiger charge is 2.41. The van der Waals surface area contributed by atoms with E-state index in [1.165, 1.54) is 44.6 Å². The number of carbonyl (C=O) groups is 1. The highest BCUT2D eigenvalue weighted by molar-refractivity contribution is 9.10. The molecule has 2 aliphatic carbocycles. The lowest BCUT2D eigenvalue weighted by atomic mass is 9.82. The van der Waals surface area contributed by atoms with Gasteiger partial charge in [0.1, 0.15) is 6.61 Å². The van der Waals surface area contributed by atoms with Crippen molar-refractivity contribution < 1.29 is 13.9 Å². The molecule has 6 heteroatoms. The van der Waals surface area contributed by atoms with Crippen LogP contribution in [0.15, 0.2) is 10.5 Å². The largest absolute Gasteiger partial charge is 0.489 e. The van der Waals surface area contributed by atoms with Crippen LogP contribution in [-0.2, 0) is 6.42 Å². The average Bonchev–Trinajstić information content (AvgIpc) is 2.41. The molecule has 1 aromatic carbocycles. The molecule has 130 valence electrons. The SMILES string of the molecule is NC(=O)c1c(Br)cc(F)c2c1C[C@@H](N(C1CCC1)C1CCC1)CO2. The third-order valence-electron chi connectivity index (χ3n) is 5.81. The molecule has 1 amide bonds. The number of hydrogen-bond donors (Lipinski definition) is 1. The Morgan fingerprint density at radius 3 is 2.33 bits per heavy atom. The standard InChI is InChI=1S/C18H22BrFN2O2/c19-14-8-15(20)17-13(16(14)18(21)23)7-12(9-24-17)22(10-3-1-4-10)11-5-2-6-11/h8,10-12H,1-7,9H2,(H2,21,23)/t12-/m1/s1. The molecule has 1 aliphatic heterocycles. The van der Waals surface area contributed by atoms with Crippen LogP contribution in [0, 0.1) is 5.82 Å². The van der Waals surface area contributed by atoms with E-state index < -0.39 is 11.7 Å². The Morgan fingerprint density at radius 1 is 1.21 bits per heavy atom. The van der Waals surface area contributed by atoms with Crippen molar-refractivity contribution in [2.75, 3.05) is 6.61 Å². The van der Waals surface area contributed by atoms with Crippen LogP contribution in [0.4, 0.5) is 4.39 Å². The number of benzene rings is 1. The normalized spacial score (nSPS) is 24.0. The van der Waals surface area contributed by atoms with Gasteiger partial charge in [0.15, 0.2) is 11.6 Å². The van der Waals surface area contributed by atoms with E-state index in [0.29, 0.717) is 40.7 Å². The highest BCUT2D eigenvalue weighted by Crippen LogP contribution is 2.41. The van der Waals surface area contributed by atoms with E-state index in [-0.39, 0.29) is 11.8 Å². The zero-order valence-electron chi connectivity index (χ0n) is 13.6. The molecule has 0 saturated heterocycles. The molecular formula is C18H22BrFN2O2. The summed E-state index contributed by atoms with van der Waals surface area (Å²) in [6.45, 7) is 0.483. The summed E-state index contributed by atoms with van der Waals surface area (Å²) in [5, 5.41) is 0. The maximum absolute atomic E-state index is 14.3. The minimum atomic E-state index is -0.541. The van der Waals surface area contributed by atoms with Gasteiger partial charge in [0, 0.05) is 28.2 Å². The number of primary amides is 1. The quantitative estimate of drug-likeness (QED) is 0.848. The summed E-state index contributed by atoms with van der Waals surface area (Å²) in [6.07, 6.45) is 8.11. The van der Waals surface area contributed by atoms with Gasteiger partial charge in [0.05, 0.1) is 5.56 Å². The zero-order valence-corrected chi connectivity index (χ0v) is 15.1. The van der Waals surface area contributed by atoms with Crippen LogP contribution in [0.1, 0.15) is 54.4 Å². The number of fused-ring (bicyclic) bond motifs is 1. The van der Waals surface area contributed by atoms with E-state index in [1.54, 1.807) is 0 Å². The molecule has 0 radical (unpaired) electrons. The van der Waals surface area contributed by atoms with Gasteiger partial charge in [-0.25, -0.2) is 4.39 Å². The smallest absolute Gasteiger partial charge is 0.250 e. The van der Waals surface area contributed by atoms with Crippen LogP contribution in [0.3, 0.4) is 0 Å². The predicted molar refractivity (Wildman–Crippen MR) is 92.7 cm³/mol. The number of carbonyl (C=O) groups excluding carboxylic acids is 1. The number of nitrogens with two attached hydrogens (primary N) is 1. The topological polar surface area (TPSA) is 55.6 Å². The van der Waals surface area contributed by atoms with Gasteiger partial charge in [-0.2, -0.15) is 0 Å². The van der Waals surface area contributed by atoms with Crippen LogP contribution in [-0.4, -0.2) is 35.5 Å². The molecule has 0 spiro atoms. The molecule has 3 aliphatic rings. The van der Waals surface area contributed by atoms with Crippen LogP contribution < -0.4 is 10.5 Å². The van der Waals surface area contributed by atoms with E-state index >= 15 is 0 Å². The van der Waals surface area contributed by atoms with Crippen molar-refractivity contribution in [3.05, 3.63) is 27.5 Å². The van der Waals surface area contributed by atoms with Crippen molar-refractivity contribution in [3.63, 3.8) is 0 Å². The average molecular weight is 397 g/mol. The number of rotatable bonds is 4. The maximum Gasteiger partial charge on any atom is 0.250 e. The summed E-state index contributed by atoms with van der Waals surface area (Å²) >= 11 is 3.28. The Balaban J connectivity index is 1.67. The van der Waals surface area contributed by atoms with Crippen molar-refractivity contribution >= 4 is 21.8 Å². The number of amides is 1. The summed E-state index contributed by atoms with van der Waals surface area (Å²) in [6, 6.07) is 2.69. The minimum absolute atomic E-state index is 0.194. The number of hydrogen-bond acceptors (Lipinski definition) is 3. The number of ether oxygens (including phenoxy) is 1. The monoisotopic (exact) mass is 396 g/mol. The molecule has 0 bridgehead atoms. The minimum Gasteiger partial charge on any atom is -0.489 e. The fraction of sp³-hybridized carbons (Fsp3) is 0.611. The number of halogens is 2. The third-order valence-corrected chi connectivity index (χ3v) is 6.43. The highest BCUT2D eigenvalue weighted by atomic mass is 79.9. The molecule has 0 unspecified atom stereocenters. The van der Waals surface area contributed by atoms with Gasteiger partial charge >= 0.3 is 0 Å². The van der Waals surface area contributed by atoms with Crippen LogP contribution >= 0.6 is 15.9 Å². The van der Waals surface area contributed by atoms with Crippen molar-refractivity contribution in [1.82, 2.24) is 4.90 Å². The van der Waals surface area contributed by atoms with Crippen LogP contribution in [0.25, 0.3) is 0 Å². The predicted octanol–water partition coefficient (Wildman–Crippen LogP) is 3.40. The molecule has 2 saturated carbocycles. The second-order valence-corrected chi connectivity index (χ2v) is 8.03. The van der Waals surface area contributed by atoms with Gasteiger partial charge in [-0.05, 0) is 54.1 Å². The maximum atomic E-state index is 14.3. The Hall–Kier alpha value is -1.14. The summed E-state index contributed by atoms with van der Waals surface area (Å²) in [5.74, 6) is -0.772. The van der Waals surface area contributed by atoms with E-state index in [1.807, 2.05) is 0 Å². The first-order valence-corrected chi connectivity index (χ1v) is 9.56. The molecule has 1 aromatic rings. The summed E-state index contributed by atoms with van der Waals surface area (Å²) in [4.78, 5) is 14.5. The van der Waals surface area contributed by atoms with Gasteiger partial charge in [0.2, 0.25) is 5.91 Å². The third kappa shape index (κ3) is 2.64. The second kappa shape index (κ2) is 6.30. The zero-order chi connectivity index (χ0) is 16.8. The van der Waals surface area contributed by atoms with Crippen molar-refractivity contribution in [2.24, 2.45) is 5.73 Å². The Bertz CT molecular complexity index is 659. The number of nitrogens with zero attached hydrogens (tertiary/aromatic N) is 1. The van der Waals surface area contributed by atoms with E-state index in [0.717, 1.165) is 0 Å². The molecule has 0 aromatic heterocycles. The fourth-order valence-electron chi connectivity index (χ4n) is 4.20. The summed E-state index contributed by atoms with van der Waals surface area (Å²) < 4.78 is 20.5. The molecule has 1 atom stereocenters. The summed E-state index contributed by atoms with van der Waals surface area (Å²) in [5.41, 5.74) is 6.52. The molecule has 2 fully saturated rings. The van der Waals surface area contributed by atoms with Gasteiger partial charge in [-0.15, -0.1) is 0 Å². The molecule has 1 heterocycles. The molecular weight excluding hydrogens is 375 g/mol. The lowest BCUT2D eigenvalue weighted by Gasteiger charge is -2.51. The van der Waals surface area contributed by atoms with Crippen LogP contribution in [0.2, 0.25) is 0 Å². The van der Waals surface area contributed by atoms with Crippen molar-refractivity contribution in [2.45, 2.75) is 63.1 Å². The lowest BCUT2D eigenvalue weighted by Crippen LogP contribution is -2.57. The van der Waals surface area contributed by atoms with E-state index in [4.69, 9.17) is 10.5 Å². The first kappa shape index (κ1) is 16.3. The molecule has 2 N–H and O–H groups in total. The first-order valence-electron chi connectivity index (χ1n) is 8.77. The Morgan fingerprint density at radius 2 is 1.83 bits per heavy atom. The molecule has 4 rings (SSSR count). The second-order valence-electron chi connectivity index (χ2n) is 7.17. The molecule has 4 nitrogen and oxygen atoms in total. The summed E-state index contributed by atoms with van der Waals surface area (Å²) in [7, 11) is 0. The van der Waals surface area contributed by atoms with Crippen molar-refractivity contribution in [1.29, 1.82) is 0 Å². The fourth-order valence-corrected chi connectivity index (χ4v) is 4.83. The van der Waals surface area contributed by atoms with Crippen LogP contribution in [0.5, 0.6) is 5.75 Å². The van der Waals surface area contributed by atoms with Gasteiger partial charge in [0.25, 0.3) is 0 Å². The van der Waals surface area contributed by atoms with E-state index in [9.17, 15) is 9.18 Å². The lowest BCUT2D eigenvalue weighted by molar-refractivity contribution is -0.0194. The van der Waals surface area contributed by atoms with Gasteiger partial charge in [-0.1, -0.05) is 12.8 Å². The van der Waals surface area contributed by atoms with Crippen molar-refractivity contribution in [3.8, 4) is 5.75 Å². The Labute approximate surface area is 149 Å². The first-order chi connectivity index (χ1) is 11.6. The Kier molecular flexibility index (Phi) is 4.29. The molecule has 24 heavy (non-hydrogen) atoms.